The summed E-state index contributed by atoms with van der Waals surface area (Å²) >= 11 is 0. The first kappa shape index (κ1) is 18.9. The van der Waals surface area contributed by atoms with Gasteiger partial charge in [-0.25, -0.2) is 0 Å². The number of aromatic nitrogens is 2. The van der Waals surface area contributed by atoms with Gasteiger partial charge in [-0.3, -0.25) is 9.89 Å². The number of hydrogen-bond acceptors (Lipinski definition) is 5. The molecule has 32 heavy (non-hydrogen) atoms. The van der Waals surface area contributed by atoms with Crippen LogP contribution in [0.1, 0.15) is 35.2 Å². The third-order valence-corrected chi connectivity index (χ3v) is 6.44. The van der Waals surface area contributed by atoms with Gasteiger partial charge in [0.2, 0.25) is 6.79 Å². The molecule has 1 fully saturated rings. The van der Waals surface area contributed by atoms with Crippen LogP contribution in [0.4, 0.5) is 5.82 Å². The molecule has 0 bridgehead atoms. The molecule has 6 rings (SSSR count). The van der Waals surface area contributed by atoms with Crippen LogP contribution in [0.2, 0.25) is 0 Å². The number of hydrogen-bond donors (Lipinski definition) is 2. The monoisotopic (exact) mass is 425 g/mol. The summed E-state index contributed by atoms with van der Waals surface area (Å²) in [5.74, 6) is 2.37. The number of anilines is 1. The number of aldehydes is 1. The van der Waals surface area contributed by atoms with Crippen LogP contribution in [0.25, 0.3) is 5.57 Å². The van der Waals surface area contributed by atoms with Crippen LogP contribution in [0.15, 0.2) is 66.8 Å². The largest absolute Gasteiger partial charge is 0.454 e. The molecular formula is C26H23N3O3. The zero-order valence-electron chi connectivity index (χ0n) is 17.5. The van der Waals surface area contributed by atoms with Gasteiger partial charge in [0, 0.05) is 29.1 Å². The molecule has 1 unspecified atom stereocenters. The first-order chi connectivity index (χ1) is 15.8. The lowest BCUT2D eigenvalue weighted by molar-refractivity contribution is -0.104. The van der Waals surface area contributed by atoms with Crippen LogP contribution < -0.4 is 14.8 Å². The van der Waals surface area contributed by atoms with Crippen molar-refractivity contribution in [1.29, 1.82) is 0 Å². The second-order valence-electron chi connectivity index (χ2n) is 8.52. The molecule has 3 aliphatic rings. The van der Waals surface area contributed by atoms with Gasteiger partial charge in [-0.1, -0.05) is 48.6 Å². The Bertz CT molecular complexity index is 1240. The summed E-state index contributed by atoms with van der Waals surface area (Å²) in [6, 6.07) is 17.0. The fraction of sp³-hybridized carbons (Fsp3) is 0.231. The molecule has 2 N–H and O–H groups in total. The Labute approximate surface area is 185 Å². The Hall–Kier alpha value is -3.80. The number of rotatable bonds is 6. The van der Waals surface area contributed by atoms with Gasteiger partial charge in [0.05, 0.1) is 0 Å². The molecule has 0 saturated heterocycles. The van der Waals surface area contributed by atoms with E-state index in [-0.39, 0.29) is 6.79 Å². The van der Waals surface area contributed by atoms with E-state index in [0.717, 1.165) is 64.4 Å². The number of ether oxygens (including phenoxy) is 2. The minimum atomic E-state index is -0.457. The number of benzene rings is 2. The van der Waals surface area contributed by atoms with Crippen molar-refractivity contribution in [1.82, 2.24) is 10.2 Å². The molecule has 1 saturated carbocycles. The lowest BCUT2D eigenvalue weighted by atomic mass is 9.67. The van der Waals surface area contributed by atoms with Crippen molar-refractivity contribution in [3.63, 3.8) is 0 Å². The summed E-state index contributed by atoms with van der Waals surface area (Å²) in [5, 5.41) is 11.4. The summed E-state index contributed by atoms with van der Waals surface area (Å²) in [6.45, 7) is 0.237. The highest BCUT2D eigenvalue weighted by Crippen LogP contribution is 2.48. The van der Waals surface area contributed by atoms with Crippen LogP contribution in [-0.2, 0) is 16.6 Å². The van der Waals surface area contributed by atoms with Gasteiger partial charge in [-0.05, 0) is 47.8 Å². The van der Waals surface area contributed by atoms with Gasteiger partial charge >= 0.3 is 0 Å². The molecule has 0 radical (unpaired) electrons. The van der Waals surface area contributed by atoms with Crippen LogP contribution >= 0.6 is 0 Å². The number of carbonyl (C=O) groups is 1. The molecule has 1 aromatic heterocycles. The highest BCUT2D eigenvalue weighted by molar-refractivity contribution is 5.88. The fourth-order valence-electron chi connectivity index (χ4n) is 4.73. The maximum absolute atomic E-state index is 11.2. The van der Waals surface area contributed by atoms with Crippen molar-refractivity contribution in [2.24, 2.45) is 0 Å². The zero-order valence-corrected chi connectivity index (χ0v) is 17.5. The Balaban J connectivity index is 1.56. The maximum atomic E-state index is 11.2. The first-order valence-electron chi connectivity index (χ1n) is 10.9. The SMILES string of the molecule is O=CC=CC1=CC(c2ccccc2)(c2ccc3c(c2)OCO3)Cc2[nH]nc(NC3CC3)c21. The third-order valence-electron chi connectivity index (χ3n) is 6.44. The minimum Gasteiger partial charge on any atom is -0.454 e. The molecule has 2 aromatic carbocycles. The minimum absolute atomic E-state index is 0.237. The topological polar surface area (TPSA) is 76.2 Å². The molecule has 6 heteroatoms. The number of H-pyrrole nitrogens is 1. The molecule has 0 amide bonds. The molecule has 3 aromatic rings. The summed E-state index contributed by atoms with van der Waals surface area (Å²) < 4.78 is 11.2. The van der Waals surface area contributed by atoms with Crippen molar-refractivity contribution in [3.05, 3.63) is 89.1 Å². The number of carbonyl (C=O) groups excluding carboxylic acids is 1. The second kappa shape index (κ2) is 7.41. The van der Waals surface area contributed by atoms with Crippen LogP contribution in [0, 0.1) is 0 Å². The second-order valence-corrected chi connectivity index (χ2v) is 8.52. The number of aromatic amines is 1. The summed E-state index contributed by atoms with van der Waals surface area (Å²) in [5.41, 5.74) is 4.86. The number of nitrogens with zero attached hydrogens (tertiary/aromatic N) is 1. The molecule has 1 aliphatic heterocycles. The van der Waals surface area contributed by atoms with E-state index in [1.54, 1.807) is 6.08 Å². The van der Waals surface area contributed by atoms with E-state index < -0.39 is 5.41 Å². The Morgan fingerprint density at radius 3 is 2.72 bits per heavy atom. The van der Waals surface area contributed by atoms with E-state index in [0.29, 0.717) is 12.5 Å². The number of fused-ring (bicyclic) bond motifs is 2. The Morgan fingerprint density at radius 2 is 1.91 bits per heavy atom. The molecular weight excluding hydrogens is 402 g/mol. The van der Waals surface area contributed by atoms with Gasteiger partial charge in [0.1, 0.15) is 6.29 Å². The number of nitrogens with one attached hydrogen (secondary N) is 2. The first-order valence-corrected chi connectivity index (χ1v) is 10.9. The van der Waals surface area contributed by atoms with Gasteiger partial charge in [0.25, 0.3) is 0 Å². The average molecular weight is 425 g/mol. The maximum Gasteiger partial charge on any atom is 0.231 e. The summed E-state index contributed by atoms with van der Waals surface area (Å²) in [7, 11) is 0. The number of allylic oxidation sites excluding steroid dienone is 4. The predicted octanol–water partition coefficient (Wildman–Crippen LogP) is 4.39. The third kappa shape index (κ3) is 3.11. The van der Waals surface area contributed by atoms with Crippen molar-refractivity contribution in [3.8, 4) is 11.5 Å². The summed E-state index contributed by atoms with van der Waals surface area (Å²) in [4.78, 5) is 11.2. The molecule has 0 spiro atoms. The molecule has 1 atom stereocenters. The fourth-order valence-corrected chi connectivity index (χ4v) is 4.73. The normalized spacial score (nSPS) is 21.3. The molecule has 160 valence electrons. The van der Waals surface area contributed by atoms with E-state index in [2.05, 4.69) is 58.0 Å². The van der Waals surface area contributed by atoms with E-state index in [9.17, 15) is 4.79 Å². The van der Waals surface area contributed by atoms with Crippen molar-refractivity contribution in [2.45, 2.75) is 30.7 Å². The van der Waals surface area contributed by atoms with Crippen molar-refractivity contribution < 1.29 is 14.3 Å². The van der Waals surface area contributed by atoms with Crippen molar-refractivity contribution in [2.75, 3.05) is 12.1 Å². The Kier molecular flexibility index (Phi) is 4.38. The molecule has 6 nitrogen and oxygen atoms in total. The molecule has 2 heterocycles. The highest BCUT2D eigenvalue weighted by atomic mass is 16.7. The smallest absolute Gasteiger partial charge is 0.231 e. The molecule has 2 aliphatic carbocycles. The summed E-state index contributed by atoms with van der Waals surface area (Å²) in [6.07, 6.45) is 9.53. The van der Waals surface area contributed by atoms with E-state index in [4.69, 9.17) is 9.47 Å². The van der Waals surface area contributed by atoms with Gasteiger partial charge < -0.3 is 14.8 Å². The van der Waals surface area contributed by atoms with Gasteiger partial charge in [-0.15, -0.1) is 0 Å². The van der Waals surface area contributed by atoms with E-state index in [1.807, 2.05) is 18.2 Å². The quantitative estimate of drug-likeness (QED) is 0.452. The highest BCUT2D eigenvalue weighted by Gasteiger charge is 2.40. The van der Waals surface area contributed by atoms with Crippen LogP contribution in [0.5, 0.6) is 11.5 Å². The van der Waals surface area contributed by atoms with E-state index >= 15 is 0 Å². The van der Waals surface area contributed by atoms with E-state index in [1.165, 1.54) is 0 Å². The average Bonchev–Trinajstić information content (AvgIpc) is 3.37. The van der Waals surface area contributed by atoms with Crippen LogP contribution in [-0.4, -0.2) is 29.3 Å². The van der Waals surface area contributed by atoms with Gasteiger partial charge in [0.15, 0.2) is 17.3 Å². The Morgan fingerprint density at radius 1 is 1.06 bits per heavy atom. The lowest BCUT2D eigenvalue weighted by Crippen LogP contribution is -2.31. The zero-order chi connectivity index (χ0) is 21.5. The van der Waals surface area contributed by atoms with Crippen LogP contribution in [0.3, 0.4) is 0 Å². The van der Waals surface area contributed by atoms with Crippen molar-refractivity contribution >= 4 is 17.7 Å². The lowest BCUT2D eigenvalue weighted by Gasteiger charge is -2.36. The van der Waals surface area contributed by atoms with Gasteiger partial charge in [-0.2, -0.15) is 5.10 Å². The standard InChI is InChI=1S/C26H23N3O3/c30-12-4-5-17-14-26(18-6-2-1-3-7-18,19-8-11-22-23(13-19)32-16-31-22)15-21-24(17)25(29-28-21)27-20-9-10-20/h1-8,11-14,20H,9-10,15-16H2,(H2,27,28,29). The predicted molar refractivity (Wildman–Crippen MR) is 122 cm³/mol.